The summed E-state index contributed by atoms with van der Waals surface area (Å²) in [5.41, 5.74) is 1.32. The van der Waals surface area contributed by atoms with Gasteiger partial charge in [0.1, 0.15) is 0 Å². The summed E-state index contributed by atoms with van der Waals surface area (Å²) in [6.07, 6.45) is 3.79. The van der Waals surface area contributed by atoms with E-state index in [-0.39, 0.29) is 0 Å². The van der Waals surface area contributed by atoms with E-state index in [1.807, 2.05) is 6.07 Å². The van der Waals surface area contributed by atoms with Crippen molar-refractivity contribution in [3.05, 3.63) is 33.8 Å². The molecule has 2 nitrogen and oxygen atoms in total. The third-order valence-corrected chi connectivity index (χ3v) is 6.06. The molecule has 116 valence electrons. The second-order valence-electron chi connectivity index (χ2n) is 6.30. The maximum absolute atomic E-state index is 6.23. The second-order valence-corrected chi connectivity index (χ2v) is 7.12. The van der Waals surface area contributed by atoms with Crippen molar-refractivity contribution in [3.8, 4) is 0 Å². The molecular weight excluding hydrogens is 305 g/mol. The number of nitrogens with zero attached hydrogens (tertiary/aromatic N) is 1. The predicted octanol–water partition coefficient (Wildman–Crippen LogP) is 4.60. The molecule has 21 heavy (non-hydrogen) atoms. The van der Waals surface area contributed by atoms with Gasteiger partial charge in [-0.3, -0.25) is 0 Å². The SMILES string of the molecule is CCOC[C@@H]1[C@@H](c2ccc(Cl)c(Cl)c2)C[C@H]2CC[C@H]1N2C. The van der Waals surface area contributed by atoms with Crippen LogP contribution >= 0.6 is 23.2 Å². The van der Waals surface area contributed by atoms with Gasteiger partial charge in [-0.15, -0.1) is 0 Å². The summed E-state index contributed by atoms with van der Waals surface area (Å²) in [4.78, 5) is 2.57. The summed E-state index contributed by atoms with van der Waals surface area (Å²) in [5, 5.41) is 1.30. The first-order valence-electron chi connectivity index (χ1n) is 7.86. The molecule has 2 bridgehead atoms. The molecule has 2 aliphatic heterocycles. The molecule has 2 heterocycles. The summed E-state index contributed by atoms with van der Waals surface area (Å²) >= 11 is 12.3. The zero-order valence-electron chi connectivity index (χ0n) is 12.7. The Hall–Kier alpha value is -0.280. The van der Waals surface area contributed by atoms with E-state index in [9.17, 15) is 0 Å². The monoisotopic (exact) mass is 327 g/mol. The zero-order chi connectivity index (χ0) is 15.0. The van der Waals surface area contributed by atoms with Gasteiger partial charge < -0.3 is 9.64 Å². The van der Waals surface area contributed by atoms with Crippen LogP contribution in [0, 0.1) is 5.92 Å². The average molecular weight is 328 g/mol. The largest absolute Gasteiger partial charge is 0.381 e. The van der Waals surface area contributed by atoms with E-state index in [0.29, 0.717) is 34.0 Å². The highest BCUT2D eigenvalue weighted by atomic mass is 35.5. The topological polar surface area (TPSA) is 12.5 Å². The standard InChI is InChI=1S/C17H23Cl2NO/c1-3-21-10-14-13(9-12-5-7-17(14)20(12)2)11-4-6-15(18)16(19)8-11/h4,6,8,12-14,17H,3,5,7,9-10H2,1-2H3/t12-,13-,14-,17-/m1/s1. The van der Waals surface area contributed by atoms with E-state index in [4.69, 9.17) is 27.9 Å². The van der Waals surface area contributed by atoms with Gasteiger partial charge in [0.2, 0.25) is 0 Å². The van der Waals surface area contributed by atoms with Crippen LogP contribution in [-0.2, 0) is 4.74 Å². The van der Waals surface area contributed by atoms with Gasteiger partial charge >= 0.3 is 0 Å². The minimum absolute atomic E-state index is 0.528. The first-order chi connectivity index (χ1) is 10.1. The molecule has 3 rings (SSSR count). The third kappa shape index (κ3) is 2.96. The molecule has 1 aromatic carbocycles. The van der Waals surface area contributed by atoms with Crippen molar-refractivity contribution in [1.29, 1.82) is 0 Å². The third-order valence-electron chi connectivity index (χ3n) is 5.32. The Morgan fingerprint density at radius 1 is 1.24 bits per heavy atom. The molecule has 0 spiro atoms. The molecule has 1 aromatic rings. The van der Waals surface area contributed by atoms with Crippen molar-refractivity contribution in [2.45, 2.75) is 44.2 Å². The van der Waals surface area contributed by atoms with Crippen LogP contribution < -0.4 is 0 Å². The van der Waals surface area contributed by atoms with Gasteiger partial charge in [0.15, 0.2) is 0 Å². The number of fused-ring (bicyclic) bond motifs is 2. The molecule has 0 radical (unpaired) electrons. The fraction of sp³-hybridized carbons (Fsp3) is 0.647. The molecule has 4 heteroatoms. The molecule has 0 aliphatic carbocycles. The number of hydrogen-bond donors (Lipinski definition) is 0. The van der Waals surface area contributed by atoms with Crippen LogP contribution in [0.5, 0.6) is 0 Å². The maximum Gasteiger partial charge on any atom is 0.0595 e. The van der Waals surface area contributed by atoms with Crippen LogP contribution in [0.15, 0.2) is 18.2 Å². The first-order valence-corrected chi connectivity index (χ1v) is 8.62. The Bertz CT molecular complexity index is 508. The average Bonchev–Trinajstić information content (AvgIpc) is 2.72. The lowest BCUT2D eigenvalue weighted by Crippen LogP contribution is -2.47. The lowest BCUT2D eigenvalue weighted by Gasteiger charge is -2.43. The summed E-state index contributed by atoms with van der Waals surface area (Å²) in [7, 11) is 2.27. The molecule has 0 aromatic heterocycles. The van der Waals surface area contributed by atoms with Gasteiger partial charge in [0.25, 0.3) is 0 Å². The van der Waals surface area contributed by atoms with Crippen LogP contribution in [-0.4, -0.2) is 37.2 Å². The molecular formula is C17H23Cl2NO. The first kappa shape index (κ1) is 15.6. The Kier molecular flexibility index (Phi) is 4.80. The quantitative estimate of drug-likeness (QED) is 0.801. The minimum atomic E-state index is 0.528. The van der Waals surface area contributed by atoms with E-state index in [0.717, 1.165) is 13.2 Å². The normalized spacial score (nSPS) is 32.6. The highest BCUT2D eigenvalue weighted by molar-refractivity contribution is 6.42. The lowest BCUT2D eigenvalue weighted by molar-refractivity contribution is 0.0253. The number of benzene rings is 1. The number of halogens is 2. The molecule has 0 saturated carbocycles. The van der Waals surface area contributed by atoms with E-state index >= 15 is 0 Å². The fourth-order valence-corrected chi connectivity index (χ4v) is 4.49. The molecule has 0 amide bonds. The number of hydrogen-bond acceptors (Lipinski definition) is 2. The molecule has 4 atom stereocenters. The zero-order valence-corrected chi connectivity index (χ0v) is 14.2. The van der Waals surface area contributed by atoms with Crippen LogP contribution in [0.1, 0.15) is 37.7 Å². The Balaban J connectivity index is 1.88. The predicted molar refractivity (Wildman–Crippen MR) is 88.4 cm³/mol. The summed E-state index contributed by atoms with van der Waals surface area (Å²) in [6.45, 7) is 3.69. The highest BCUT2D eigenvalue weighted by Gasteiger charge is 2.45. The van der Waals surface area contributed by atoms with Gasteiger partial charge in [-0.25, -0.2) is 0 Å². The van der Waals surface area contributed by atoms with Gasteiger partial charge in [0, 0.05) is 24.6 Å². The van der Waals surface area contributed by atoms with Gasteiger partial charge in [-0.1, -0.05) is 29.3 Å². The second kappa shape index (κ2) is 6.45. The van der Waals surface area contributed by atoms with Crippen molar-refractivity contribution in [1.82, 2.24) is 4.90 Å². The van der Waals surface area contributed by atoms with Crippen molar-refractivity contribution < 1.29 is 4.74 Å². The smallest absolute Gasteiger partial charge is 0.0595 e. The Labute approximate surface area is 137 Å². The molecule has 0 N–H and O–H groups in total. The summed E-state index contributed by atoms with van der Waals surface area (Å²) in [6, 6.07) is 7.46. The highest BCUT2D eigenvalue weighted by Crippen LogP contribution is 2.46. The van der Waals surface area contributed by atoms with Crippen LogP contribution in [0.2, 0.25) is 10.0 Å². The Morgan fingerprint density at radius 2 is 2.05 bits per heavy atom. The number of ether oxygens (including phenoxy) is 1. The van der Waals surface area contributed by atoms with E-state index in [2.05, 4.69) is 31.0 Å². The Morgan fingerprint density at radius 3 is 2.76 bits per heavy atom. The maximum atomic E-state index is 6.23. The van der Waals surface area contributed by atoms with E-state index in [1.54, 1.807) is 0 Å². The molecule has 2 saturated heterocycles. The van der Waals surface area contributed by atoms with Crippen LogP contribution in [0.25, 0.3) is 0 Å². The van der Waals surface area contributed by atoms with Crippen molar-refractivity contribution in [2.75, 3.05) is 20.3 Å². The summed E-state index contributed by atoms with van der Waals surface area (Å²) < 4.78 is 5.79. The van der Waals surface area contributed by atoms with Crippen molar-refractivity contribution in [3.63, 3.8) is 0 Å². The van der Waals surface area contributed by atoms with E-state index in [1.165, 1.54) is 24.8 Å². The number of rotatable bonds is 4. The van der Waals surface area contributed by atoms with Crippen molar-refractivity contribution >= 4 is 23.2 Å². The minimum Gasteiger partial charge on any atom is -0.381 e. The van der Waals surface area contributed by atoms with Crippen LogP contribution in [0.4, 0.5) is 0 Å². The lowest BCUT2D eigenvalue weighted by atomic mass is 9.76. The molecule has 2 aliphatic rings. The molecule has 0 unspecified atom stereocenters. The fourth-order valence-electron chi connectivity index (χ4n) is 4.18. The van der Waals surface area contributed by atoms with Gasteiger partial charge in [0.05, 0.1) is 16.7 Å². The number of piperidine rings is 1. The summed E-state index contributed by atoms with van der Waals surface area (Å²) in [5.74, 6) is 1.07. The van der Waals surface area contributed by atoms with E-state index < -0.39 is 0 Å². The molecule has 2 fully saturated rings. The van der Waals surface area contributed by atoms with Crippen molar-refractivity contribution in [2.24, 2.45) is 5.92 Å². The van der Waals surface area contributed by atoms with Crippen LogP contribution in [0.3, 0.4) is 0 Å². The van der Waals surface area contributed by atoms with Gasteiger partial charge in [-0.2, -0.15) is 0 Å². The van der Waals surface area contributed by atoms with Gasteiger partial charge in [-0.05, 0) is 56.8 Å².